The van der Waals surface area contributed by atoms with E-state index in [1.807, 2.05) is 66.7 Å². The first-order valence-corrected chi connectivity index (χ1v) is 17.7. The maximum absolute atomic E-state index is 6.44. The average molecular weight is 677 g/mol. The molecular formula is C48H28N4O. The Morgan fingerprint density at radius 3 is 1.47 bits per heavy atom. The van der Waals surface area contributed by atoms with E-state index in [1.165, 1.54) is 32.3 Å². The zero-order valence-corrected chi connectivity index (χ0v) is 28.4. The van der Waals surface area contributed by atoms with Crippen LogP contribution in [0.25, 0.3) is 111 Å². The Kier molecular flexibility index (Phi) is 6.48. The van der Waals surface area contributed by atoms with Crippen molar-refractivity contribution >= 4 is 65.2 Å². The third-order valence-corrected chi connectivity index (χ3v) is 10.3. The van der Waals surface area contributed by atoms with Gasteiger partial charge in [-0.2, -0.15) is 0 Å². The Balaban J connectivity index is 1.08. The summed E-state index contributed by atoms with van der Waals surface area (Å²) in [6, 6.07) is 58.6. The molecule has 0 aliphatic heterocycles. The van der Waals surface area contributed by atoms with Crippen LogP contribution < -0.4 is 0 Å². The molecule has 0 N–H and O–H groups in total. The maximum atomic E-state index is 6.44. The molecule has 53 heavy (non-hydrogen) atoms. The molecule has 11 rings (SSSR count). The van der Waals surface area contributed by atoms with Crippen LogP contribution in [0.4, 0.5) is 0 Å². The first-order chi connectivity index (χ1) is 26.3. The third-order valence-electron chi connectivity index (χ3n) is 10.3. The largest absolute Gasteiger partial charge is 0.455 e. The maximum Gasteiger partial charge on any atom is 0.164 e. The highest BCUT2D eigenvalue weighted by Crippen LogP contribution is 2.40. The lowest BCUT2D eigenvalue weighted by atomic mass is 9.93. The normalized spacial score (nSPS) is 11.8. The number of hydrogen-bond acceptors (Lipinski definition) is 5. The van der Waals surface area contributed by atoms with Gasteiger partial charge in [-0.1, -0.05) is 146 Å². The minimum Gasteiger partial charge on any atom is -0.455 e. The number of furan rings is 1. The molecule has 0 aliphatic rings. The summed E-state index contributed by atoms with van der Waals surface area (Å²) in [5, 5.41) is 10.4. The van der Waals surface area contributed by atoms with Crippen molar-refractivity contribution in [3.63, 3.8) is 0 Å². The molecule has 8 aromatic carbocycles. The summed E-state index contributed by atoms with van der Waals surface area (Å²) in [4.78, 5) is 20.4. The van der Waals surface area contributed by atoms with Crippen LogP contribution in [0.15, 0.2) is 174 Å². The molecule has 0 amide bonds. The Morgan fingerprint density at radius 2 is 0.792 bits per heavy atom. The first-order valence-electron chi connectivity index (χ1n) is 17.7. The molecule has 0 radical (unpaired) electrons. The molecule has 0 atom stereocenters. The Morgan fingerprint density at radius 1 is 0.321 bits per heavy atom. The number of hydrogen-bond donors (Lipinski definition) is 0. The van der Waals surface area contributed by atoms with E-state index < -0.39 is 0 Å². The van der Waals surface area contributed by atoms with Crippen LogP contribution in [-0.4, -0.2) is 19.9 Å². The first kappa shape index (κ1) is 29.5. The highest BCUT2D eigenvalue weighted by atomic mass is 16.3. The lowest BCUT2D eigenvalue weighted by Gasteiger charge is -2.13. The molecule has 5 nitrogen and oxygen atoms in total. The van der Waals surface area contributed by atoms with Crippen molar-refractivity contribution in [3.05, 3.63) is 170 Å². The minimum absolute atomic E-state index is 0.606. The van der Waals surface area contributed by atoms with Crippen LogP contribution in [0.3, 0.4) is 0 Å². The quantitative estimate of drug-likeness (QED) is 0.174. The van der Waals surface area contributed by atoms with E-state index in [9.17, 15) is 0 Å². The van der Waals surface area contributed by atoms with Crippen LogP contribution in [0, 0.1) is 0 Å². The predicted octanol–water partition coefficient (Wildman–Crippen LogP) is 12.4. The van der Waals surface area contributed by atoms with Crippen molar-refractivity contribution in [3.8, 4) is 45.4 Å². The van der Waals surface area contributed by atoms with Gasteiger partial charge in [0.2, 0.25) is 0 Å². The van der Waals surface area contributed by atoms with Crippen LogP contribution in [0.5, 0.6) is 0 Å². The number of fused-ring (bicyclic) bond motifs is 11. The van der Waals surface area contributed by atoms with Gasteiger partial charge >= 0.3 is 0 Å². The SMILES string of the molecule is c1ccc(-c2nc(-c3ccc(-c4nc5ccccc5c5oc6ccccc6c45)cc3)nc(-c3ccc4c5ccccc5c5ccccc5c4c3)n2)cc1. The Bertz CT molecular complexity index is 3190. The topological polar surface area (TPSA) is 64.7 Å². The zero-order valence-electron chi connectivity index (χ0n) is 28.4. The van der Waals surface area contributed by atoms with Crippen molar-refractivity contribution in [1.82, 2.24) is 19.9 Å². The highest BCUT2D eigenvalue weighted by Gasteiger charge is 2.19. The standard InChI is InChI=1S/C48H28N4O/c1-2-12-30(13-3-1)46-50-47(52-48(51-46)32-26-27-37-35-16-5-4-14-33(35)34-15-6-7-17-36(34)40(37)28-32)31-24-22-29(23-25-31)44-43-39-19-9-11-21-42(39)53-45(43)38-18-8-10-20-41(38)49-44/h1-28H. The van der Waals surface area contributed by atoms with Gasteiger partial charge < -0.3 is 4.42 Å². The fraction of sp³-hybridized carbons (Fsp3) is 0. The van der Waals surface area contributed by atoms with Crippen molar-refractivity contribution in [2.24, 2.45) is 0 Å². The molecule has 3 aromatic heterocycles. The van der Waals surface area contributed by atoms with E-state index in [-0.39, 0.29) is 0 Å². The summed E-state index contributed by atoms with van der Waals surface area (Å²) < 4.78 is 6.44. The summed E-state index contributed by atoms with van der Waals surface area (Å²) in [5.41, 5.74) is 7.21. The Labute approximate surface area is 303 Å². The molecule has 0 saturated heterocycles. The van der Waals surface area contributed by atoms with Gasteiger partial charge in [0.15, 0.2) is 17.5 Å². The predicted molar refractivity (Wildman–Crippen MR) is 217 cm³/mol. The van der Waals surface area contributed by atoms with Crippen molar-refractivity contribution in [2.45, 2.75) is 0 Å². The van der Waals surface area contributed by atoms with Crippen LogP contribution in [0.2, 0.25) is 0 Å². The summed E-state index contributed by atoms with van der Waals surface area (Å²) in [5.74, 6) is 1.86. The number of pyridine rings is 1. The van der Waals surface area contributed by atoms with Gasteiger partial charge in [0, 0.05) is 33.0 Å². The molecule has 5 heteroatoms. The van der Waals surface area contributed by atoms with Gasteiger partial charge in [-0.15, -0.1) is 0 Å². The van der Waals surface area contributed by atoms with E-state index in [4.69, 9.17) is 24.4 Å². The molecule has 11 aromatic rings. The lowest BCUT2D eigenvalue weighted by molar-refractivity contribution is 0.672. The van der Waals surface area contributed by atoms with Crippen molar-refractivity contribution in [1.29, 1.82) is 0 Å². The monoisotopic (exact) mass is 676 g/mol. The second-order valence-electron chi connectivity index (χ2n) is 13.4. The van der Waals surface area contributed by atoms with Crippen LogP contribution in [-0.2, 0) is 0 Å². The van der Waals surface area contributed by atoms with Gasteiger partial charge in [-0.3, -0.25) is 0 Å². The number of para-hydroxylation sites is 2. The minimum atomic E-state index is 0.606. The van der Waals surface area contributed by atoms with Crippen molar-refractivity contribution < 1.29 is 4.42 Å². The molecule has 246 valence electrons. The van der Waals surface area contributed by atoms with E-state index in [1.54, 1.807) is 0 Å². The number of aromatic nitrogens is 4. The summed E-state index contributed by atoms with van der Waals surface area (Å²) in [6.45, 7) is 0. The highest BCUT2D eigenvalue weighted by molar-refractivity contribution is 6.25. The van der Waals surface area contributed by atoms with Gasteiger partial charge in [-0.05, 0) is 56.6 Å². The molecule has 0 bridgehead atoms. The van der Waals surface area contributed by atoms with Gasteiger partial charge in [0.05, 0.1) is 16.6 Å². The Hall–Kier alpha value is -7.24. The molecule has 0 fully saturated rings. The van der Waals surface area contributed by atoms with Crippen molar-refractivity contribution in [2.75, 3.05) is 0 Å². The number of nitrogens with zero attached hydrogens (tertiary/aromatic N) is 4. The average Bonchev–Trinajstić information content (AvgIpc) is 3.64. The fourth-order valence-corrected chi connectivity index (χ4v) is 7.79. The molecule has 0 saturated carbocycles. The molecule has 0 unspecified atom stereocenters. The summed E-state index contributed by atoms with van der Waals surface area (Å²) >= 11 is 0. The number of rotatable bonds is 4. The lowest BCUT2D eigenvalue weighted by Crippen LogP contribution is -2.00. The van der Waals surface area contributed by atoms with E-state index in [2.05, 4.69) is 103 Å². The summed E-state index contributed by atoms with van der Waals surface area (Å²) in [7, 11) is 0. The number of benzene rings is 8. The molecule has 0 aliphatic carbocycles. The second kappa shape index (κ2) is 11.7. The molecule has 0 spiro atoms. The molecule has 3 heterocycles. The van der Waals surface area contributed by atoms with Gasteiger partial charge in [0.25, 0.3) is 0 Å². The zero-order chi connectivity index (χ0) is 34.9. The van der Waals surface area contributed by atoms with E-state index in [0.717, 1.165) is 60.8 Å². The third kappa shape index (κ3) is 4.71. The summed E-state index contributed by atoms with van der Waals surface area (Å²) in [6.07, 6.45) is 0. The smallest absolute Gasteiger partial charge is 0.164 e. The van der Waals surface area contributed by atoms with Gasteiger partial charge in [-0.25, -0.2) is 19.9 Å². The molecular weight excluding hydrogens is 649 g/mol. The fourth-order valence-electron chi connectivity index (χ4n) is 7.79. The van der Waals surface area contributed by atoms with E-state index in [0.29, 0.717) is 17.5 Å². The van der Waals surface area contributed by atoms with Crippen LogP contribution in [0.1, 0.15) is 0 Å². The van der Waals surface area contributed by atoms with Gasteiger partial charge in [0.1, 0.15) is 11.2 Å². The van der Waals surface area contributed by atoms with E-state index >= 15 is 0 Å². The second-order valence-corrected chi connectivity index (χ2v) is 13.4. The van der Waals surface area contributed by atoms with Crippen LogP contribution >= 0.6 is 0 Å².